The minimum absolute atomic E-state index is 0.0773. The molecule has 0 radical (unpaired) electrons. The van der Waals surface area contributed by atoms with Crippen LogP contribution in [0.3, 0.4) is 0 Å². The topological polar surface area (TPSA) is 48.0 Å². The second-order valence-corrected chi connectivity index (χ2v) is 15.9. The fourth-order valence-corrected chi connectivity index (χ4v) is 7.00. The highest BCUT2D eigenvalue weighted by Crippen LogP contribution is 2.27. The van der Waals surface area contributed by atoms with Crippen LogP contribution in [0.4, 0.5) is 0 Å². The number of nitrogens with zero attached hydrogens (tertiary/aromatic N) is 1. The van der Waals surface area contributed by atoms with Gasteiger partial charge in [-0.3, -0.25) is 4.79 Å². The van der Waals surface area contributed by atoms with Gasteiger partial charge >= 0.3 is 5.97 Å². The number of unbranched alkanes of at least 4 members (excludes halogenated alkanes) is 18. The number of hydrogen-bond acceptors (Lipinski definition) is 5. The normalized spacial score (nSPS) is 18.2. The van der Waals surface area contributed by atoms with E-state index in [1.807, 2.05) is 14.1 Å². The zero-order valence-corrected chi connectivity index (χ0v) is 35.6. The SMILES string of the molecule is CCCCC/C=C\C/C=C\CCCCCCCCOC1CC(OCCCCCCCC/C=C/C/C=C/CCCCC)CC(OC(=O)CCCN(C)C)C1. The fourth-order valence-electron chi connectivity index (χ4n) is 7.00. The number of allylic oxidation sites excluding steroid dienone is 8. The van der Waals surface area contributed by atoms with Crippen LogP contribution in [-0.4, -0.2) is 63.0 Å². The quantitative estimate of drug-likeness (QED) is 0.0360. The second-order valence-electron chi connectivity index (χ2n) is 15.9. The molecule has 0 aromatic rings. The first kappa shape index (κ1) is 49.3. The Kier molecular flexibility index (Phi) is 35.9. The van der Waals surface area contributed by atoms with Crippen LogP contribution in [0, 0.1) is 0 Å². The molecule has 3 unspecified atom stereocenters. The summed E-state index contributed by atoms with van der Waals surface area (Å²) < 4.78 is 18.8. The summed E-state index contributed by atoms with van der Waals surface area (Å²) in [6.07, 6.45) is 52.7. The Labute approximate surface area is 329 Å². The van der Waals surface area contributed by atoms with E-state index in [1.165, 1.54) is 128 Å². The third-order valence-corrected chi connectivity index (χ3v) is 10.3. The molecule has 1 aliphatic rings. The fraction of sp³-hybridized carbons (Fsp3) is 0.812. The monoisotopic (exact) mass is 742 g/mol. The lowest BCUT2D eigenvalue weighted by molar-refractivity contribution is -0.158. The van der Waals surface area contributed by atoms with Crippen LogP contribution in [0.1, 0.15) is 200 Å². The molecule has 0 heterocycles. The van der Waals surface area contributed by atoms with E-state index in [1.54, 1.807) is 0 Å². The minimum atomic E-state index is -0.0997. The molecule has 0 amide bonds. The first-order chi connectivity index (χ1) is 26.0. The van der Waals surface area contributed by atoms with E-state index in [0.29, 0.717) is 6.42 Å². The van der Waals surface area contributed by atoms with Gasteiger partial charge < -0.3 is 19.1 Å². The summed E-state index contributed by atoms with van der Waals surface area (Å²) in [5, 5.41) is 0. The summed E-state index contributed by atoms with van der Waals surface area (Å²) in [7, 11) is 4.08. The molecule has 308 valence electrons. The van der Waals surface area contributed by atoms with E-state index in [4.69, 9.17) is 14.2 Å². The highest BCUT2D eigenvalue weighted by molar-refractivity contribution is 5.69. The molecular formula is C48H87NO4. The van der Waals surface area contributed by atoms with Gasteiger partial charge in [-0.2, -0.15) is 0 Å². The third kappa shape index (κ3) is 34.5. The van der Waals surface area contributed by atoms with Gasteiger partial charge in [0.2, 0.25) is 0 Å². The molecule has 0 aliphatic heterocycles. The van der Waals surface area contributed by atoms with E-state index < -0.39 is 0 Å². The Bertz CT molecular complexity index is 851. The van der Waals surface area contributed by atoms with Crippen molar-refractivity contribution in [2.45, 2.75) is 218 Å². The van der Waals surface area contributed by atoms with Crippen LogP contribution in [0.25, 0.3) is 0 Å². The Morgan fingerprint density at radius 1 is 0.491 bits per heavy atom. The van der Waals surface area contributed by atoms with Crippen LogP contribution in [0.5, 0.6) is 0 Å². The van der Waals surface area contributed by atoms with E-state index in [9.17, 15) is 4.79 Å². The first-order valence-corrected chi connectivity index (χ1v) is 22.7. The summed E-state index contributed by atoms with van der Waals surface area (Å²) >= 11 is 0. The van der Waals surface area contributed by atoms with Gasteiger partial charge in [-0.1, -0.05) is 140 Å². The van der Waals surface area contributed by atoms with Crippen LogP contribution in [-0.2, 0) is 19.0 Å². The number of carbonyl (C=O) groups is 1. The van der Waals surface area contributed by atoms with Gasteiger partial charge in [0.1, 0.15) is 6.10 Å². The average molecular weight is 742 g/mol. The summed E-state index contributed by atoms with van der Waals surface area (Å²) in [4.78, 5) is 14.7. The van der Waals surface area contributed by atoms with Crippen molar-refractivity contribution < 1.29 is 19.0 Å². The van der Waals surface area contributed by atoms with Crippen LogP contribution in [0.2, 0.25) is 0 Å². The average Bonchev–Trinajstić information content (AvgIpc) is 3.14. The minimum Gasteiger partial charge on any atom is -0.462 e. The van der Waals surface area contributed by atoms with Gasteiger partial charge in [0.25, 0.3) is 0 Å². The summed E-state index contributed by atoms with van der Waals surface area (Å²) in [6, 6.07) is 0. The van der Waals surface area contributed by atoms with Gasteiger partial charge in [-0.05, 0) is 104 Å². The number of carbonyl (C=O) groups excluding carboxylic acids is 1. The standard InChI is InChI=1S/C48H87NO4/c1-5-7-9-11-13-15-17-19-21-23-25-27-29-31-33-35-40-51-45-42-46(44-47(43-45)53-48(50)38-37-39-49(3)4)52-41-36-34-32-30-28-26-24-22-20-18-16-14-12-10-8-6-2/h13-16,19-22,45-47H,5-12,17-18,23-44H2,1-4H3/b15-13-,16-14+,21-19-,22-20+. The Balaban J connectivity index is 2.22. The second kappa shape index (κ2) is 38.6. The maximum absolute atomic E-state index is 12.6. The summed E-state index contributed by atoms with van der Waals surface area (Å²) in [5.41, 5.74) is 0. The Morgan fingerprint density at radius 3 is 1.28 bits per heavy atom. The number of rotatable bonds is 37. The third-order valence-electron chi connectivity index (χ3n) is 10.3. The molecular weight excluding hydrogens is 655 g/mol. The van der Waals surface area contributed by atoms with Crippen LogP contribution < -0.4 is 0 Å². The molecule has 1 aliphatic carbocycles. The van der Waals surface area contributed by atoms with Gasteiger partial charge in [-0.15, -0.1) is 0 Å². The van der Waals surface area contributed by atoms with E-state index in [2.05, 4.69) is 67.4 Å². The van der Waals surface area contributed by atoms with Gasteiger partial charge in [0, 0.05) is 38.9 Å². The smallest absolute Gasteiger partial charge is 0.306 e. The molecule has 5 nitrogen and oxygen atoms in total. The molecule has 53 heavy (non-hydrogen) atoms. The van der Waals surface area contributed by atoms with Crippen molar-refractivity contribution in [2.75, 3.05) is 33.9 Å². The molecule has 0 bridgehead atoms. The molecule has 0 aromatic heterocycles. The van der Waals surface area contributed by atoms with Crippen molar-refractivity contribution in [3.8, 4) is 0 Å². The van der Waals surface area contributed by atoms with Gasteiger partial charge in [0.15, 0.2) is 0 Å². The molecule has 5 heteroatoms. The van der Waals surface area contributed by atoms with Gasteiger partial charge in [0.05, 0.1) is 12.2 Å². The van der Waals surface area contributed by atoms with Crippen molar-refractivity contribution >= 4 is 5.97 Å². The predicted molar refractivity (Wildman–Crippen MR) is 230 cm³/mol. The van der Waals surface area contributed by atoms with Crippen molar-refractivity contribution in [3.05, 3.63) is 48.6 Å². The molecule has 1 rings (SSSR count). The largest absolute Gasteiger partial charge is 0.462 e. The van der Waals surface area contributed by atoms with Crippen molar-refractivity contribution in [3.63, 3.8) is 0 Å². The maximum atomic E-state index is 12.6. The Morgan fingerprint density at radius 2 is 0.868 bits per heavy atom. The lowest BCUT2D eigenvalue weighted by Gasteiger charge is -2.34. The number of ether oxygens (including phenoxy) is 3. The van der Waals surface area contributed by atoms with E-state index in [0.717, 1.165) is 71.1 Å². The van der Waals surface area contributed by atoms with Gasteiger partial charge in [-0.25, -0.2) is 0 Å². The molecule has 0 spiro atoms. The summed E-state index contributed by atoms with van der Waals surface area (Å²) in [5.74, 6) is -0.0773. The van der Waals surface area contributed by atoms with E-state index in [-0.39, 0.29) is 24.3 Å². The molecule has 1 fully saturated rings. The maximum Gasteiger partial charge on any atom is 0.306 e. The highest BCUT2D eigenvalue weighted by atomic mass is 16.6. The zero-order chi connectivity index (χ0) is 38.3. The predicted octanol–water partition coefficient (Wildman–Crippen LogP) is 13.8. The lowest BCUT2D eigenvalue weighted by atomic mass is 9.92. The first-order valence-electron chi connectivity index (χ1n) is 22.7. The van der Waals surface area contributed by atoms with Crippen molar-refractivity contribution in [2.24, 2.45) is 0 Å². The van der Waals surface area contributed by atoms with E-state index >= 15 is 0 Å². The Hall–Kier alpha value is -1.69. The molecule has 0 saturated heterocycles. The van der Waals surface area contributed by atoms with Crippen LogP contribution in [0.15, 0.2) is 48.6 Å². The number of esters is 1. The molecule has 0 N–H and O–H groups in total. The van der Waals surface area contributed by atoms with Crippen LogP contribution >= 0.6 is 0 Å². The van der Waals surface area contributed by atoms with Crippen molar-refractivity contribution in [1.29, 1.82) is 0 Å². The summed E-state index contributed by atoms with van der Waals surface area (Å²) in [6.45, 7) is 7.01. The molecule has 1 saturated carbocycles. The van der Waals surface area contributed by atoms with Crippen molar-refractivity contribution in [1.82, 2.24) is 4.90 Å². The highest BCUT2D eigenvalue weighted by Gasteiger charge is 2.32. The molecule has 0 aromatic carbocycles. The zero-order valence-electron chi connectivity index (χ0n) is 35.6. The lowest BCUT2D eigenvalue weighted by Crippen LogP contribution is -2.38. The number of hydrogen-bond donors (Lipinski definition) is 0. The molecule has 3 atom stereocenters.